The fourth-order valence-corrected chi connectivity index (χ4v) is 2.39. The second kappa shape index (κ2) is 5.54. The lowest BCUT2D eigenvalue weighted by Crippen LogP contribution is -2.21. The highest BCUT2D eigenvalue weighted by molar-refractivity contribution is 6.30. The van der Waals surface area contributed by atoms with Crippen molar-refractivity contribution >= 4 is 34.8 Å². The van der Waals surface area contributed by atoms with Crippen LogP contribution in [0.2, 0.25) is 5.02 Å². The molecular weight excluding hydrogens is 284 g/mol. The van der Waals surface area contributed by atoms with E-state index in [1.165, 1.54) is 0 Å². The zero-order valence-corrected chi connectivity index (χ0v) is 12.2. The third-order valence-electron chi connectivity index (χ3n) is 3.29. The summed E-state index contributed by atoms with van der Waals surface area (Å²) >= 11 is 5.95. The molecule has 3 nitrogen and oxygen atoms in total. The van der Waals surface area contributed by atoms with Crippen LogP contribution in [0, 0.1) is 0 Å². The molecule has 0 fully saturated rings. The second-order valence-corrected chi connectivity index (χ2v) is 5.17. The third-order valence-corrected chi connectivity index (χ3v) is 3.53. The van der Waals surface area contributed by atoms with Crippen LogP contribution in [0.1, 0.15) is 11.3 Å². The van der Waals surface area contributed by atoms with Gasteiger partial charge in [0.05, 0.1) is 11.0 Å². The van der Waals surface area contributed by atoms with E-state index >= 15 is 0 Å². The minimum Gasteiger partial charge on any atom is -0.308 e. The summed E-state index contributed by atoms with van der Waals surface area (Å²) in [7, 11) is 1.75. The number of rotatable bonds is 2. The molecule has 0 spiro atoms. The Hall–Kier alpha value is -2.39. The van der Waals surface area contributed by atoms with Gasteiger partial charge >= 0.3 is 0 Å². The van der Waals surface area contributed by atoms with Gasteiger partial charge in [-0.15, -0.1) is 0 Å². The Morgan fingerprint density at radius 2 is 1.90 bits per heavy atom. The van der Waals surface area contributed by atoms with Gasteiger partial charge in [-0.05, 0) is 35.9 Å². The number of aryl methyl sites for hydroxylation is 1. The first-order chi connectivity index (χ1) is 10.1. The Bertz CT molecular complexity index is 897. The molecule has 104 valence electrons. The van der Waals surface area contributed by atoms with Crippen LogP contribution in [-0.4, -0.2) is 9.55 Å². The Labute approximate surface area is 127 Å². The molecule has 1 heterocycles. The lowest BCUT2D eigenvalue weighted by atomic mass is 10.2. The molecule has 0 N–H and O–H groups in total. The number of para-hydroxylation sites is 2. The van der Waals surface area contributed by atoms with Crippen molar-refractivity contribution in [1.29, 1.82) is 0 Å². The Balaban J connectivity index is 2.09. The average Bonchev–Trinajstić information content (AvgIpc) is 2.50. The van der Waals surface area contributed by atoms with Crippen molar-refractivity contribution in [1.82, 2.24) is 9.55 Å². The van der Waals surface area contributed by atoms with E-state index in [4.69, 9.17) is 11.6 Å². The summed E-state index contributed by atoms with van der Waals surface area (Å²) in [6, 6.07) is 15.0. The maximum absolute atomic E-state index is 12.3. The summed E-state index contributed by atoms with van der Waals surface area (Å²) in [6.45, 7) is 0. The summed E-state index contributed by atoms with van der Waals surface area (Å²) in [5.41, 5.74) is 2.84. The molecule has 0 bridgehead atoms. The lowest BCUT2D eigenvalue weighted by Gasteiger charge is -2.05. The van der Waals surface area contributed by atoms with Crippen molar-refractivity contribution in [2.24, 2.45) is 7.05 Å². The summed E-state index contributed by atoms with van der Waals surface area (Å²) in [5.74, 6) is 0. The first-order valence-electron chi connectivity index (χ1n) is 6.54. The van der Waals surface area contributed by atoms with Gasteiger partial charge in [0, 0.05) is 12.1 Å². The molecule has 0 aliphatic heterocycles. The molecular formula is C17H13ClN2O. The Morgan fingerprint density at radius 1 is 1.10 bits per heavy atom. The Morgan fingerprint density at radius 3 is 2.71 bits per heavy atom. The molecule has 3 rings (SSSR count). The van der Waals surface area contributed by atoms with Crippen molar-refractivity contribution in [3.63, 3.8) is 0 Å². The quantitative estimate of drug-likeness (QED) is 0.722. The van der Waals surface area contributed by atoms with Gasteiger partial charge in [0.15, 0.2) is 0 Å². The van der Waals surface area contributed by atoms with Gasteiger partial charge in [0.2, 0.25) is 0 Å². The van der Waals surface area contributed by atoms with Crippen LogP contribution in [0.4, 0.5) is 0 Å². The predicted octanol–water partition coefficient (Wildman–Crippen LogP) is 3.76. The van der Waals surface area contributed by atoms with Gasteiger partial charge in [-0.1, -0.05) is 41.9 Å². The third kappa shape index (κ3) is 2.73. The summed E-state index contributed by atoms with van der Waals surface area (Å²) in [4.78, 5) is 16.7. The van der Waals surface area contributed by atoms with Crippen LogP contribution in [0.5, 0.6) is 0 Å². The molecule has 0 unspecified atom stereocenters. The first-order valence-corrected chi connectivity index (χ1v) is 6.92. The number of halogens is 1. The normalized spacial score (nSPS) is 11.3. The van der Waals surface area contributed by atoms with E-state index in [9.17, 15) is 4.79 Å². The van der Waals surface area contributed by atoms with E-state index in [0.717, 1.165) is 16.6 Å². The largest absolute Gasteiger partial charge is 0.308 e. The molecule has 21 heavy (non-hydrogen) atoms. The number of hydrogen-bond acceptors (Lipinski definition) is 2. The maximum Gasteiger partial charge on any atom is 0.276 e. The van der Waals surface area contributed by atoms with Gasteiger partial charge in [-0.3, -0.25) is 4.79 Å². The topological polar surface area (TPSA) is 34.9 Å². The Kier molecular flexibility index (Phi) is 3.59. The number of benzene rings is 2. The van der Waals surface area contributed by atoms with Crippen LogP contribution < -0.4 is 5.56 Å². The monoisotopic (exact) mass is 296 g/mol. The van der Waals surface area contributed by atoms with Crippen LogP contribution in [0.3, 0.4) is 0 Å². The van der Waals surface area contributed by atoms with E-state index in [2.05, 4.69) is 4.98 Å². The fourth-order valence-electron chi connectivity index (χ4n) is 2.20. The molecule has 0 saturated heterocycles. The minimum atomic E-state index is -0.119. The average molecular weight is 297 g/mol. The van der Waals surface area contributed by atoms with Crippen molar-refractivity contribution in [2.75, 3.05) is 0 Å². The van der Waals surface area contributed by atoms with Crippen LogP contribution >= 0.6 is 11.6 Å². The zero-order chi connectivity index (χ0) is 14.8. The van der Waals surface area contributed by atoms with Crippen LogP contribution in [0.25, 0.3) is 23.2 Å². The van der Waals surface area contributed by atoms with Crippen molar-refractivity contribution in [3.05, 3.63) is 75.2 Å². The van der Waals surface area contributed by atoms with Gasteiger partial charge in [-0.25, -0.2) is 4.98 Å². The molecule has 0 atom stereocenters. The SMILES string of the molecule is Cn1c(=O)c(C=Cc2cccc(Cl)c2)nc2ccccc21. The van der Waals surface area contributed by atoms with E-state index < -0.39 is 0 Å². The molecule has 0 aliphatic carbocycles. The highest BCUT2D eigenvalue weighted by Gasteiger charge is 2.05. The number of nitrogens with zero attached hydrogens (tertiary/aromatic N) is 2. The first kappa shape index (κ1) is 13.6. The van der Waals surface area contributed by atoms with E-state index in [0.29, 0.717) is 10.7 Å². The van der Waals surface area contributed by atoms with Crippen LogP contribution in [-0.2, 0) is 7.05 Å². The molecule has 0 saturated carbocycles. The molecule has 3 aromatic rings. The zero-order valence-electron chi connectivity index (χ0n) is 11.5. The molecule has 0 amide bonds. The fraction of sp³-hybridized carbons (Fsp3) is 0.0588. The van der Waals surface area contributed by atoms with E-state index in [-0.39, 0.29) is 5.56 Å². The highest BCUT2D eigenvalue weighted by Crippen LogP contribution is 2.14. The van der Waals surface area contributed by atoms with Crippen molar-refractivity contribution < 1.29 is 0 Å². The van der Waals surface area contributed by atoms with E-state index in [1.54, 1.807) is 17.7 Å². The summed E-state index contributed by atoms with van der Waals surface area (Å²) in [6.07, 6.45) is 3.56. The maximum atomic E-state index is 12.3. The smallest absolute Gasteiger partial charge is 0.276 e. The van der Waals surface area contributed by atoms with Gasteiger partial charge in [0.1, 0.15) is 5.69 Å². The van der Waals surface area contributed by atoms with E-state index in [1.807, 2.05) is 54.6 Å². The lowest BCUT2D eigenvalue weighted by molar-refractivity contribution is 0.887. The summed E-state index contributed by atoms with van der Waals surface area (Å²) < 4.78 is 1.61. The molecule has 0 radical (unpaired) electrons. The molecule has 1 aromatic heterocycles. The molecule has 0 aliphatic rings. The van der Waals surface area contributed by atoms with Gasteiger partial charge in [-0.2, -0.15) is 0 Å². The van der Waals surface area contributed by atoms with Gasteiger partial charge in [0.25, 0.3) is 5.56 Å². The molecule has 2 aromatic carbocycles. The van der Waals surface area contributed by atoms with Gasteiger partial charge < -0.3 is 4.57 Å². The van der Waals surface area contributed by atoms with Crippen molar-refractivity contribution in [2.45, 2.75) is 0 Å². The van der Waals surface area contributed by atoms with Crippen LogP contribution in [0.15, 0.2) is 53.3 Å². The summed E-state index contributed by atoms with van der Waals surface area (Å²) in [5, 5.41) is 0.663. The minimum absolute atomic E-state index is 0.119. The standard InChI is InChI=1S/C17H13ClN2O/c1-20-16-8-3-2-7-14(16)19-15(17(20)21)10-9-12-5-4-6-13(18)11-12/h2-11H,1H3. The second-order valence-electron chi connectivity index (χ2n) is 4.74. The number of hydrogen-bond donors (Lipinski definition) is 0. The number of fused-ring (bicyclic) bond motifs is 1. The van der Waals surface area contributed by atoms with Crippen molar-refractivity contribution in [3.8, 4) is 0 Å². The predicted molar refractivity (Wildman–Crippen MR) is 87.4 cm³/mol. The molecule has 4 heteroatoms. The number of aromatic nitrogens is 2. The highest BCUT2D eigenvalue weighted by atomic mass is 35.5.